The highest BCUT2D eigenvalue weighted by atomic mass is 79.9. The van der Waals surface area contributed by atoms with Gasteiger partial charge in [0.2, 0.25) is 0 Å². The Morgan fingerprint density at radius 2 is 2.22 bits per heavy atom. The Hall–Kier alpha value is -1.82. The number of primary amides is 1. The van der Waals surface area contributed by atoms with Crippen molar-refractivity contribution in [2.24, 2.45) is 5.73 Å². The minimum Gasteiger partial charge on any atom is -0.369 e. The van der Waals surface area contributed by atoms with Crippen molar-refractivity contribution in [1.29, 1.82) is 0 Å². The Labute approximate surface area is 112 Å². The first-order valence-corrected chi connectivity index (χ1v) is 6.38. The van der Waals surface area contributed by atoms with Gasteiger partial charge in [0.25, 0.3) is 0 Å². The summed E-state index contributed by atoms with van der Waals surface area (Å²) in [7, 11) is 0. The van der Waals surface area contributed by atoms with Crippen molar-refractivity contribution in [2.75, 3.05) is 11.9 Å². The smallest absolute Gasteiger partial charge is 0.341 e. The molecule has 1 aliphatic rings. The molecule has 0 unspecified atom stereocenters. The number of nitrogens with zero attached hydrogens (tertiary/aromatic N) is 2. The average molecular weight is 307 g/mol. The lowest BCUT2D eigenvalue weighted by Crippen LogP contribution is -2.22. The molecule has 1 aromatic heterocycles. The third-order valence-electron chi connectivity index (χ3n) is 2.99. The van der Waals surface area contributed by atoms with E-state index in [1.165, 1.54) is 4.68 Å². The second kappa shape index (κ2) is 4.13. The lowest BCUT2D eigenvalue weighted by Gasteiger charge is -2.02. The highest BCUT2D eigenvalue weighted by Crippen LogP contribution is 2.35. The van der Waals surface area contributed by atoms with Gasteiger partial charge in [-0.05, 0) is 12.5 Å². The van der Waals surface area contributed by atoms with Crippen molar-refractivity contribution in [3.05, 3.63) is 34.3 Å². The molecule has 1 aromatic carbocycles. The summed E-state index contributed by atoms with van der Waals surface area (Å²) in [5, 5.41) is 7.46. The third kappa shape index (κ3) is 1.60. The Morgan fingerprint density at radius 3 is 2.94 bits per heavy atom. The van der Waals surface area contributed by atoms with Gasteiger partial charge < -0.3 is 11.1 Å². The highest BCUT2D eigenvalue weighted by molar-refractivity contribution is 9.10. The number of aromatic nitrogens is 2. The van der Waals surface area contributed by atoms with Gasteiger partial charge in [0.1, 0.15) is 5.82 Å². The van der Waals surface area contributed by atoms with E-state index in [2.05, 4.69) is 26.3 Å². The molecule has 5 nitrogen and oxygen atoms in total. The predicted molar refractivity (Wildman–Crippen MR) is 72.5 cm³/mol. The maximum absolute atomic E-state index is 11.4. The van der Waals surface area contributed by atoms with Gasteiger partial charge in [-0.25, -0.2) is 4.79 Å². The van der Waals surface area contributed by atoms with E-state index < -0.39 is 6.03 Å². The van der Waals surface area contributed by atoms with E-state index in [9.17, 15) is 4.79 Å². The van der Waals surface area contributed by atoms with E-state index in [1.54, 1.807) is 0 Å². The van der Waals surface area contributed by atoms with Crippen LogP contribution < -0.4 is 11.1 Å². The summed E-state index contributed by atoms with van der Waals surface area (Å²) in [5.41, 5.74) is 8.14. The number of carbonyl (C=O) groups is 1. The monoisotopic (exact) mass is 306 g/mol. The zero-order chi connectivity index (χ0) is 12.7. The molecule has 0 saturated heterocycles. The van der Waals surface area contributed by atoms with Crippen molar-refractivity contribution in [2.45, 2.75) is 6.42 Å². The number of anilines is 1. The fourth-order valence-corrected chi connectivity index (χ4v) is 2.68. The maximum atomic E-state index is 11.4. The van der Waals surface area contributed by atoms with Gasteiger partial charge in [-0.3, -0.25) is 0 Å². The molecule has 0 saturated carbocycles. The third-order valence-corrected chi connectivity index (χ3v) is 3.68. The number of nitrogens with two attached hydrogens (primary N) is 1. The minimum absolute atomic E-state index is 0.570. The van der Waals surface area contributed by atoms with Crippen molar-refractivity contribution < 1.29 is 4.79 Å². The molecule has 18 heavy (non-hydrogen) atoms. The van der Waals surface area contributed by atoms with E-state index in [0.29, 0.717) is 5.82 Å². The van der Waals surface area contributed by atoms with Crippen LogP contribution in [0.25, 0.3) is 11.3 Å². The quantitative estimate of drug-likeness (QED) is 0.848. The van der Waals surface area contributed by atoms with E-state index in [4.69, 9.17) is 5.73 Å². The number of hydrogen-bond acceptors (Lipinski definition) is 3. The Balaban J connectivity index is 2.23. The lowest BCUT2D eigenvalue weighted by molar-refractivity contribution is 0.248. The summed E-state index contributed by atoms with van der Waals surface area (Å²) in [6.07, 6.45) is 0.847. The van der Waals surface area contributed by atoms with Gasteiger partial charge in [-0.2, -0.15) is 9.78 Å². The molecule has 92 valence electrons. The van der Waals surface area contributed by atoms with Crippen LogP contribution in [-0.2, 0) is 6.42 Å². The van der Waals surface area contributed by atoms with Crippen molar-refractivity contribution in [3.63, 3.8) is 0 Å². The van der Waals surface area contributed by atoms with Crippen LogP contribution in [0.5, 0.6) is 0 Å². The van der Waals surface area contributed by atoms with Gasteiger partial charge in [-0.1, -0.05) is 34.1 Å². The first-order chi connectivity index (χ1) is 8.68. The Bertz CT molecular complexity index is 635. The summed E-state index contributed by atoms with van der Waals surface area (Å²) < 4.78 is 2.19. The summed E-state index contributed by atoms with van der Waals surface area (Å²) in [5.74, 6) is 0.716. The predicted octanol–water partition coefficient (Wildman–Crippen LogP) is 2.21. The van der Waals surface area contributed by atoms with Crippen LogP contribution >= 0.6 is 15.9 Å². The molecule has 0 aliphatic carbocycles. The minimum atomic E-state index is -0.570. The van der Waals surface area contributed by atoms with Crippen LogP contribution in [0, 0.1) is 0 Å². The topological polar surface area (TPSA) is 72.9 Å². The lowest BCUT2D eigenvalue weighted by atomic mass is 10.1. The number of carbonyl (C=O) groups excluding carboxylic acids is 1. The van der Waals surface area contributed by atoms with Gasteiger partial charge in [0, 0.05) is 22.1 Å². The molecular formula is C12H11BrN4O. The summed E-state index contributed by atoms with van der Waals surface area (Å²) >= 11 is 3.50. The molecule has 0 bridgehead atoms. The van der Waals surface area contributed by atoms with Gasteiger partial charge in [-0.15, -0.1) is 0 Å². The van der Waals surface area contributed by atoms with E-state index in [0.717, 1.165) is 34.3 Å². The number of rotatable bonds is 1. The molecule has 2 heterocycles. The van der Waals surface area contributed by atoms with Crippen LogP contribution in [-0.4, -0.2) is 22.4 Å². The van der Waals surface area contributed by atoms with Crippen LogP contribution in [0.2, 0.25) is 0 Å². The molecule has 1 aliphatic heterocycles. The van der Waals surface area contributed by atoms with E-state index in [1.807, 2.05) is 24.3 Å². The fraction of sp³-hybridized carbons (Fsp3) is 0.167. The SMILES string of the molecule is NC(=O)n1nc(-c2ccccc2Br)c2c1NCC2. The summed E-state index contributed by atoms with van der Waals surface area (Å²) in [6.45, 7) is 0.803. The van der Waals surface area contributed by atoms with E-state index >= 15 is 0 Å². The number of amides is 1. The first-order valence-electron chi connectivity index (χ1n) is 5.59. The van der Waals surface area contributed by atoms with Crippen LogP contribution in [0.1, 0.15) is 5.56 Å². The largest absolute Gasteiger partial charge is 0.369 e. The molecule has 0 fully saturated rings. The molecule has 1 amide bonds. The number of nitrogens with one attached hydrogen (secondary N) is 1. The average Bonchev–Trinajstić information content (AvgIpc) is 2.90. The van der Waals surface area contributed by atoms with Crippen molar-refractivity contribution in [3.8, 4) is 11.3 Å². The summed E-state index contributed by atoms with van der Waals surface area (Å²) in [6, 6.07) is 7.23. The van der Waals surface area contributed by atoms with Crippen LogP contribution in [0.3, 0.4) is 0 Å². The molecule has 0 radical (unpaired) electrons. The molecule has 3 N–H and O–H groups in total. The highest BCUT2D eigenvalue weighted by Gasteiger charge is 2.25. The fourth-order valence-electron chi connectivity index (χ4n) is 2.20. The first kappa shape index (κ1) is 11.3. The molecule has 3 rings (SSSR count). The standard InChI is InChI=1S/C12H11BrN4O/c13-9-4-2-1-3-7(9)10-8-5-6-15-11(8)17(16-10)12(14)18/h1-4,15H,5-6H2,(H2,14,18). The number of benzene rings is 1. The molecule has 6 heteroatoms. The maximum Gasteiger partial charge on any atom is 0.341 e. The summed E-state index contributed by atoms with van der Waals surface area (Å²) in [4.78, 5) is 11.4. The zero-order valence-corrected chi connectivity index (χ0v) is 11.1. The van der Waals surface area contributed by atoms with Gasteiger partial charge in [0.15, 0.2) is 0 Å². The second-order valence-electron chi connectivity index (χ2n) is 4.08. The van der Waals surface area contributed by atoms with Crippen LogP contribution in [0.4, 0.5) is 10.6 Å². The Morgan fingerprint density at radius 1 is 1.44 bits per heavy atom. The normalized spacial score (nSPS) is 13.2. The van der Waals surface area contributed by atoms with Crippen molar-refractivity contribution in [1.82, 2.24) is 9.78 Å². The van der Waals surface area contributed by atoms with E-state index in [-0.39, 0.29) is 0 Å². The van der Waals surface area contributed by atoms with Crippen LogP contribution in [0.15, 0.2) is 28.7 Å². The molecule has 2 aromatic rings. The molecule has 0 atom stereocenters. The molecule has 0 spiro atoms. The van der Waals surface area contributed by atoms with Gasteiger partial charge in [0.05, 0.1) is 5.69 Å². The number of hydrogen-bond donors (Lipinski definition) is 2. The Kier molecular flexibility index (Phi) is 2.59. The number of fused-ring (bicyclic) bond motifs is 1. The zero-order valence-electron chi connectivity index (χ0n) is 9.48. The van der Waals surface area contributed by atoms with Gasteiger partial charge >= 0.3 is 6.03 Å². The second-order valence-corrected chi connectivity index (χ2v) is 4.94. The molecular weight excluding hydrogens is 296 g/mol. The number of halogens is 1. The van der Waals surface area contributed by atoms with Crippen molar-refractivity contribution >= 4 is 27.8 Å².